The van der Waals surface area contributed by atoms with Gasteiger partial charge in [-0.2, -0.15) is 0 Å². The number of nitrogens with two attached hydrogens (primary N) is 1. The average Bonchev–Trinajstić information content (AvgIpc) is 2.56. The number of fused-ring (bicyclic) bond motifs is 1. The zero-order valence-electron chi connectivity index (χ0n) is 9.62. The molecule has 2 N–H and O–H groups in total. The minimum absolute atomic E-state index is 0.549. The van der Waals surface area contributed by atoms with Crippen LogP contribution in [0.5, 0.6) is 0 Å². The highest BCUT2D eigenvalue weighted by atomic mass is 14.9. The van der Waals surface area contributed by atoms with E-state index in [9.17, 15) is 0 Å². The highest BCUT2D eigenvalue weighted by Gasteiger charge is 2.10. The van der Waals surface area contributed by atoms with Crippen LogP contribution in [0.25, 0.3) is 10.9 Å². The molecule has 0 radical (unpaired) electrons. The monoisotopic (exact) mass is 202 g/mol. The van der Waals surface area contributed by atoms with E-state index < -0.39 is 0 Å². The summed E-state index contributed by atoms with van der Waals surface area (Å²) in [6, 6.07) is 8.60. The molecule has 2 aromatic rings. The topological polar surface area (TPSA) is 30.9 Å². The average molecular weight is 202 g/mol. The van der Waals surface area contributed by atoms with Gasteiger partial charge in [0.1, 0.15) is 0 Å². The lowest BCUT2D eigenvalue weighted by Crippen LogP contribution is -1.98. The molecule has 15 heavy (non-hydrogen) atoms. The Morgan fingerprint density at radius 2 is 2.07 bits per heavy atom. The largest absolute Gasteiger partial charge is 0.347 e. The zero-order chi connectivity index (χ0) is 11.0. The third-order valence-electron chi connectivity index (χ3n) is 3.03. The molecule has 1 heterocycles. The number of rotatable bonds is 2. The van der Waals surface area contributed by atoms with Crippen LogP contribution in [0.2, 0.25) is 0 Å². The Balaban J connectivity index is 2.75. The Hall–Kier alpha value is -1.28. The van der Waals surface area contributed by atoms with Crippen LogP contribution in [-0.2, 0) is 13.6 Å². The quantitative estimate of drug-likeness (QED) is 0.797. The smallest absolute Gasteiger partial charge is 0.0483 e. The van der Waals surface area contributed by atoms with Crippen molar-refractivity contribution in [2.45, 2.75) is 26.3 Å². The Kier molecular flexibility index (Phi) is 2.53. The van der Waals surface area contributed by atoms with E-state index in [1.54, 1.807) is 0 Å². The lowest BCUT2D eigenvalue weighted by atomic mass is 10.1. The van der Waals surface area contributed by atoms with Crippen molar-refractivity contribution in [2.24, 2.45) is 12.8 Å². The van der Waals surface area contributed by atoms with Crippen molar-refractivity contribution >= 4 is 10.9 Å². The fourth-order valence-electron chi connectivity index (χ4n) is 2.17. The second-order valence-electron chi connectivity index (χ2n) is 4.34. The minimum Gasteiger partial charge on any atom is -0.347 e. The van der Waals surface area contributed by atoms with Crippen molar-refractivity contribution in [3.8, 4) is 0 Å². The normalized spacial score (nSPS) is 11.5. The molecule has 1 aromatic carbocycles. The van der Waals surface area contributed by atoms with Crippen molar-refractivity contribution in [3.05, 3.63) is 35.5 Å². The summed E-state index contributed by atoms with van der Waals surface area (Å²) < 4.78 is 2.26. The molecule has 1 aromatic heterocycles. The minimum atomic E-state index is 0.549. The fraction of sp³-hybridized carbons (Fsp3) is 0.385. The summed E-state index contributed by atoms with van der Waals surface area (Å²) in [7, 11) is 2.12. The molecule has 2 heteroatoms. The van der Waals surface area contributed by atoms with Gasteiger partial charge in [0.15, 0.2) is 0 Å². The molecule has 80 valence electrons. The zero-order valence-corrected chi connectivity index (χ0v) is 9.62. The molecule has 2 nitrogen and oxygen atoms in total. The van der Waals surface area contributed by atoms with E-state index in [4.69, 9.17) is 5.73 Å². The van der Waals surface area contributed by atoms with Gasteiger partial charge in [-0.05, 0) is 23.6 Å². The van der Waals surface area contributed by atoms with Crippen molar-refractivity contribution < 1.29 is 0 Å². The third-order valence-corrected chi connectivity index (χ3v) is 3.03. The molecule has 0 unspecified atom stereocenters. The van der Waals surface area contributed by atoms with Gasteiger partial charge >= 0.3 is 0 Å². The molecular formula is C13H18N2. The van der Waals surface area contributed by atoms with Gasteiger partial charge in [0.2, 0.25) is 0 Å². The maximum Gasteiger partial charge on any atom is 0.0483 e. The molecule has 0 aliphatic rings. The van der Waals surface area contributed by atoms with Gasteiger partial charge in [-0.3, -0.25) is 0 Å². The molecule has 0 atom stereocenters. The summed E-state index contributed by atoms with van der Waals surface area (Å²) in [5.74, 6) is 0.549. The molecule has 0 spiro atoms. The number of aromatic nitrogens is 1. The highest BCUT2D eigenvalue weighted by Crippen LogP contribution is 2.26. The van der Waals surface area contributed by atoms with Gasteiger partial charge in [0.05, 0.1) is 0 Å². The van der Waals surface area contributed by atoms with Crippen LogP contribution in [-0.4, -0.2) is 4.57 Å². The molecule has 0 fully saturated rings. The van der Waals surface area contributed by atoms with Crippen LogP contribution < -0.4 is 5.73 Å². The Bertz CT molecular complexity index is 480. The molecule has 2 rings (SSSR count). The number of aryl methyl sites for hydroxylation is 1. The van der Waals surface area contributed by atoms with Crippen LogP contribution in [0.15, 0.2) is 24.3 Å². The van der Waals surface area contributed by atoms with Gasteiger partial charge in [-0.15, -0.1) is 0 Å². The maximum atomic E-state index is 5.74. The van der Waals surface area contributed by atoms with E-state index in [1.807, 2.05) is 0 Å². The van der Waals surface area contributed by atoms with Gasteiger partial charge in [0.25, 0.3) is 0 Å². The first-order valence-electron chi connectivity index (χ1n) is 5.42. The second kappa shape index (κ2) is 3.70. The van der Waals surface area contributed by atoms with Crippen LogP contribution in [0.1, 0.15) is 31.0 Å². The number of nitrogens with zero attached hydrogens (tertiary/aromatic N) is 1. The fourth-order valence-corrected chi connectivity index (χ4v) is 2.17. The van der Waals surface area contributed by atoms with Crippen molar-refractivity contribution in [2.75, 3.05) is 0 Å². The molecule has 0 saturated carbocycles. The summed E-state index contributed by atoms with van der Waals surface area (Å²) in [6.07, 6.45) is 0. The molecule has 0 amide bonds. The predicted molar refractivity (Wildman–Crippen MR) is 64.9 cm³/mol. The molecule has 0 aliphatic heterocycles. The van der Waals surface area contributed by atoms with Crippen molar-refractivity contribution in [1.82, 2.24) is 4.57 Å². The van der Waals surface area contributed by atoms with Gasteiger partial charge in [0, 0.05) is 30.2 Å². The SMILES string of the molecule is CC(C)c1cc2c(CN)cccc2n1C. The first-order valence-corrected chi connectivity index (χ1v) is 5.42. The van der Waals surface area contributed by atoms with Crippen molar-refractivity contribution in [3.63, 3.8) is 0 Å². The van der Waals surface area contributed by atoms with Gasteiger partial charge < -0.3 is 10.3 Å². The van der Waals surface area contributed by atoms with Crippen molar-refractivity contribution in [1.29, 1.82) is 0 Å². The Morgan fingerprint density at radius 1 is 1.33 bits per heavy atom. The Morgan fingerprint density at radius 3 is 2.67 bits per heavy atom. The van der Waals surface area contributed by atoms with E-state index in [0.717, 1.165) is 0 Å². The predicted octanol–water partition coefficient (Wildman–Crippen LogP) is 2.76. The summed E-state index contributed by atoms with van der Waals surface area (Å²) in [5, 5.41) is 1.30. The summed E-state index contributed by atoms with van der Waals surface area (Å²) in [6.45, 7) is 5.05. The Labute approximate surface area is 90.7 Å². The number of hydrogen-bond donors (Lipinski definition) is 1. The number of benzene rings is 1. The lowest BCUT2D eigenvalue weighted by Gasteiger charge is -2.06. The molecule has 0 saturated heterocycles. The van der Waals surface area contributed by atoms with Crippen LogP contribution in [0.4, 0.5) is 0 Å². The number of hydrogen-bond acceptors (Lipinski definition) is 1. The van der Waals surface area contributed by atoms with E-state index in [1.165, 1.54) is 22.2 Å². The third kappa shape index (κ3) is 1.55. The molecule has 0 aliphatic carbocycles. The van der Waals surface area contributed by atoms with E-state index >= 15 is 0 Å². The van der Waals surface area contributed by atoms with Crippen LogP contribution in [0.3, 0.4) is 0 Å². The first-order chi connectivity index (χ1) is 7.15. The standard InChI is InChI=1S/C13H18N2/c1-9(2)13-7-11-10(8-14)5-4-6-12(11)15(13)3/h4-7,9H,8,14H2,1-3H3. The summed E-state index contributed by atoms with van der Waals surface area (Å²) >= 11 is 0. The van der Waals surface area contributed by atoms with E-state index in [2.05, 4.69) is 49.7 Å². The van der Waals surface area contributed by atoms with Gasteiger partial charge in [-0.25, -0.2) is 0 Å². The molecular weight excluding hydrogens is 184 g/mol. The highest BCUT2D eigenvalue weighted by molar-refractivity contribution is 5.84. The first kappa shape index (κ1) is 10.2. The maximum absolute atomic E-state index is 5.74. The van der Waals surface area contributed by atoms with Gasteiger partial charge in [-0.1, -0.05) is 26.0 Å². The van der Waals surface area contributed by atoms with Crippen LogP contribution in [0, 0.1) is 0 Å². The second-order valence-corrected chi connectivity index (χ2v) is 4.34. The molecule has 0 bridgehead atoms. The van der Waals surface area contributed by atoms with E-state index in [0.29, 0.717) is 12.5 Å². The lowest BCUT2D eigenvalue weighted by molar-refractivity contribution is 0.755. The van der Waals surface area contributed by atoms with Crippen LogP contribution >= 0.6 is 0 Å². The summed E-state index contributed by atoms with van der Waals surface area (Å²) in [5.41, 5.74) is 9.62. The van der Waals surface area contributed by atoms with E-state index in [-0.39, 0.29) is 0 Å². The summed E-state index contributed by atoms with van der Waals surface area (Å²) in [4.78, 5) is 0.